The van der Waals surface area contributed by atoms with Gasteiger partial charge in [-0.3, -0.25) is 4.98 Å². The highest BCUT2D eigenvalue weighted by molar-refractivity contribution is 6.02. The van der Waals surface area contributed by atoms with Crippen LogP contribution < -0.4 is 0 Å². The van der Waals surface area contributed by atoms with Crippen LogP contribution in [0, 0.1) is 0 Å². The van der Waals surface area contributed by atoms with Crippen molar-refractivity contribution in [3.05, 3.63) is 36.3 Å². The van der Waals surface area contributed by atoms with Crippen LogP contribution in [0.2, 0.25) is 0 Å². The number of nitrogens with zero attached hydrogens (tertiary/aromatic N) is 4. The Morgan fingerprint density at radius 1 is 1.16 bits per heavy atom. The molecular weight excluding hydrogens is 316 g/mol. The van der Waals surface area contributed by atoms with Crippen molar-refractivity contribution in [2.24, 2.45) is 0 Å². The molecule has 3 heterocycles. The standard InChI is InChI=1S/C19H22N4O2/c1-19(2,3)25-18(24)22-9-6-10-23-16(12-22)21-15-11-20-14-8-5-4-7-13(14)17(15)23/h4-5,7-8,11H,6,9-10,12H2,1-3H3. The van der Waals surface area contributed by atoms with Gasteiger partial charge in [-0.15, -0.1) is 0 Å². The number of para-hydroxylation sites is 1. The van der Waals surface area contributed by atoms with Crippen molar-refractivity contribution in [2.45, 2.75) is 45.9 Å². The highest BCUT2D eigenvalue weighted by Gasteiger charge is 2.26. The number of carbonyl (C=O) groups excluding carboxylic acids is 1. The van der Waals surface area contributed by atoms with E-state index in [2.05, 4.69) is 15.6 Å². The lowest BCUT2D eigenvalue weighted by molar-refractivity contribution is 0.0234. The Kier molecular flexibility index (Phi) is 3.63. The molecule has 0 N–H and O–H groups in total. The van der Waals surface area contributed by atoms with E-state index in [0.29, 0.717) is 13.1 Å². The first-order chi connectivity index (χ1) is 11.9. The summed E-state index contributed by atoms with van der Waals surface area (Å²) in [7, 11) is 0. The summed E-state index contributed by atoms with van der Waals surface area (Å²) in [6.45, 7) is 7.61. The van der Waals surface area contributed by atoms with Gasteiger partial charge in [-0.1, -0.05) is 18.2 Å². The van der Waals surface area contributed by atoms with E-state index in [-0.39, 0.29) is 6.09 Å². The van der Waals surface area contributed by atoms with Gasteiger partial charge >= 0.3 is 6.09 Å². The summed E-state index contributed by atoms with van der Waals surface area (Å²) in [5.74, 6) is 0.886. The van der Waals surface area contributed by atoms with E-state index in [4.69, 9.17) is 9.72 Å². The Balaban J connectivity index is 1.75. The average Bonchev–Trinajstić information content (AvgIpc) is 2.77. The molecule has 0 fully saturated rings. The Labute approximate surface area is 146 Å². The molecule has 1 aromatic carbocycles. The Morgan fingerprint density at radius 2 is 1.96 bits per heavy atom. The summed E-state index contributed by atoms with van der Waals surface area (Å²) >= 11 is 0. The maximum atomic E-state index is 12.5. The average molecular weight is 338 g/mol. The number of benzene rings is 1. The molecule has 4 rings (SSSR count). The summed E-state index contributed by atoms with van der Waals surface area (Å²) in [6.07, 6.45) is 2.40. The number of aromatic nitrogens is 3. The summed E-state index contributed by atoms with van der Waals surface area (Å²) in [5, 5.41) is 1.10. The summed E-state index contributed by atoms with van der Waals surface area (Å²) in [4.78, 5) is 23.4. The van der Waals surface area contributed by atoms with Crippen LogP contribution in [0.15, 0.2) is 30.5 Å². The monoisotopic (exact) mass is 338 g/mol. The number of aryl methyl sites for hydroxylation is 1. The number of carbonyl (C=O) groups is 1. The van der Waals surface area contributed by atoms with Crippen LogP contribution in [0.3, 0.4) is 0 Å². The third-order valence-corrected chi connectivity index (χ3v) is 4.35. The van der Waals surface area contributed by atoms with Crippen LogP contribution in [0.1, 0.15) is 33.0 Å². The van der Waals surface area contributed by atoms with Gasteiger partial charge in [0.1, 0.15) is 16.9 Å². The zero-order chi connectivity index (χ0) is 17.6. The smallest absolute Gasteiger partial charge is 0.410 e. The molecule has 6 heteroatoms. The Morgan fingerprint density at radius 3 is 2.76 bits per heavy atom. The Hall–Kier alpha value is -2.63. The van der Waals surface area contributed by atoms with Crippen molar-refractivity contribution >= 4 is 28.0 Å². The molecule has 2 aromatic heterocycles. The molecule has 1 amide bonds. The van der Waals surface area contributed by atoms with E-state index in [0.717, 1.165) is 40.7 Å². The zero-order valence-electron chi connectivity index (χ0n) is 14.8. The van der Waals surface area contributed by atoms with Crippen LogP contribution in [0.4, 0.5) is 4.79 Å². The highest BCUT2D eigenvalue weighted by Crippen LogP contribution is 2.27. The normalized spacial score (nSPS) is 15.2. The van der Waals surface area contributed by atoms with E-state index < -0.39 is 5.60 Å². The number of fused-ring (bicyclic) bond motifs is 5. The first kappa shape index (κ1) is 15.9. The number of pyridine rings is 1. The second-order valence-corrected chi connectivity index (χ2v) is 7.44. The number of imidazole rings is 1. The van der Waals surface area contributed by atoms with E-state index in [9.17, 15) is 4.79 Å². The van der Waals surface area contributed by atoms with Gasteiger partial charge in [0.15, 0.2) is 0 Å². The molecule has 1 aliphatic rings. The summed E-state index contributed by atoms with van der Waals surface area (Å²) in [5.41, 5.74) is 2.45. The van der Waals surface area contributed by atoms with Crippen molar-refractivity contribution in [1.29, 1.82) is 0 Å². The number of ether oxygens (including phenoxy) is 1. The minimum atomic E-state index is -0.496. The van der Waals surface area contributed by atoms with Crippen LogP contribution in [-0.2, 0) is 17.8 Å². The molecule has 1 aliphatic heterocycles. The minimum Gasteiger partial charge on any atom is -0.444 e. The number of rotatable bonds is 0. The molecule has 6 nitrogen and oxygen atoms in total. The molecule has 0 atom stereocenters. The lowest BCUT2D eigenvalue weighted by Gasteiger charge is -2.25. The fourth-order valence-electron chi connectivity index (χ4n) is 3.32. The van der Waals surface area contributed by atoms with Gasteiger partial charge in [-0.05, 0) is 33.3 Å². The van der Waals surface area contributed by atoms with Crippen molar-refractivity contribution in [2.75, 3.05) is 6.54 Å². The Bertz CT molecular complexity index is 955. The van der Waals surface area contributed by atoms with Gasteiger partial charge in [0.05, 0.1) is 23.8 Å². The van der Waals surface area contributed by atoms with Crippen molar-refractivity contribution in [3.8, 4) is 0 Å². The highest BCUT2D eigenvalue weighted by atomic mass is 16.6. The number of hydrogen-bond donors (Lipinski definition) is 0. The molecule has 0 aliphatic carbocycles. The van der Waals surface area contributed by atoms with E-state index in [1.54, 1.807) is 4.90 Å². The van der Waals surface area contributed by atoms with E-state index in [1.165, 1.54) is 0 Å². The third-order valence-electron chi connectivity index (χ3n) is 4.35. The lowest BCUT2D eigenvalue weighted by atomic mass is 10.2. The molecule has 0 bridgehead atoms. The second-order valence-electron chi connectivity index (χ2n) is 7.44. The summed E-state index contributed by atoms with van der Waals surface area (Å²) in [6, 6.07) is 8.10. The van der Waals surface area contributed by atoms with Crippen LogP contribution in [-0.4, -0.2) is 37.7 Å². The van der Waals surface area contributed by atoms with Gasteiger partial charge in [-0.25, -0.2) is 9.78 Å². The first-order valence-corrected chi connectivity index (χ1v) is 8.63. The van der Waals surface area contributed by atoms with E-state index >= 15 is 0 Å². The third kappa shape index (κ3) is 2.92. The molecular formula is C19H22N4O2. The SMILES string of the molecule is CC(C)(C)OC(=O)N1CCCn2c(nc3cnc4ccccc4c32)C1. The zero-order valence-corrected chi connectivity index (χ0v) is 14.8. The molecule has 3 aromatic rings. The van der Waals surface area contributed by atoms with Crippen LogP contribution in [0.25, 0.3) is 21.9 Å². The maximum Gasteiger partial charge on any atom is 0.410 e. The van der Waals surface area contributed by atoms with Crippen molar-refractivity contribution in [1.82, 2.24) is 19.4 Å². The lowest BCUT2D eigenvalue weighted by Crippen LogP contribution is -2.36. The molecule has 130 valence electrons. The molecule has 0 saturated heterocycles. The largest absolute Gasteiger partial charge is 0.444 e. The van der Waals surface area contributed by atoms with Crippen LogP contribution in [0.5, 0.6) is 0 Å². The summed E-state index contributed by atoms with van der Waals surface area (Å²) < 4.78 is 7.76. The second kappa shape index (κ2) is 5.72. The van der Waals surface area contributed by atoms with Gasteiger partial charge in [0.2, 0.25) is 0 Å². The first-order valence-electron chi connectivity index (χ1n) is 8.63. The van der Waals surface area contributed by atoms with Gasteiger partial charge in [0.25, 0.3) is 0 Å². The molecule has 25 heavy (non-hydrogen) atoms. The predicted octanol–water partition coefficient (Wildman–Crippen LogP) is 3.73. The van der Waals surface area contributed by atoms with Crippen molar-refractivity contribution < 1.29 is 9.53 Å². The number of amides is 1. The topological polar surface area (TPSA) is 60.2 Å². The van der Waals surface area contributed by atoms with Crippen molar-refractivity contribution in [3.63, 3.8) is 0 Å². The molecule has 0 radical (unpaired) electrons. The maximum absolute atomic E-state index is 12.5. The minimum absolute atomic E-state index is 0.281. The van der Waals surface area contributed by atoms with Gasteiger partial charge in [-0.2, -0.15) is 0 Å². The molecule has 0 unspecified atom stereocenters. The molecule has 0 spiro atoms. The van der Waals surface area contributed by atoms with E-state index in [1.807, 2.05) is 45.2 Å². The number of hydrogen-bond acceptors (Lipinski definition) is 4. The van der Waals surface area contributed by atoms with Gasteiger partial charge in [0, 0.05) is 18.5 Å². The molecule has 0 saturated carbocycles. The predicted molar refractivity (Wildman–Crippen MR) is 96.3 cm³/mol. The van der Waals surface area contributed by atoms with Crippen LogP contribution >= 0.6 is 0 Å². The quantitative estimate of drug-likeness (QED) is 0.627. The fraction of sp³-hybridized carbons (Fsp3) is 0.421. The van der Waals surface area contributed by atoms with Gasteiger partial charge < -0.3 is 14.2 Å². The fourth-order valence-corrected chi connectivity index (χ4v) is 3.32.